The summed E-state index contributed by atoms with van der Waals surface area (Å²) in [6.07, 6.45) is 3.07. The molecule has 0 spiro atoms. The van der Waals surface area contributed by atoms with Gasteiger partial charge >= 0.3 is 6.03 Å². The average Bonchev–Trinajstić information content (AvgIpc) is 3.33. The number of para-hydroxylation sites is 1. The first-order valence-corrected chi connectivity index (χ1v) is 9.24. The van der Waals surface area contributed by atoms with Gasteiger partial charge in [0.2, 0.25) is 5.89 Å². The largest absolute Gasteiger partial charge is 0.357 e. The predicted octanol–water partition coefficient (Wildman–Crippen LogP) is 3.05. The number of carbonyl (C=O) groups is 1. The number of H-pyrrole nitrogens is 1. The molecule has 2 N–H and O–H groups in total. The zero-order chi connectivity index (χ0) is 18.8. The van der Waals surface area contributed by atoms with Crippen LogP contribution >= 0.6 is 0 Å². The van der Waals surface area contributed by atoms with Crippen molar-refractivity contribution in [3.05, 3.63) is 41.9 Å². The molecule has 1 fully saturated rings. The van der Waals surface area contributed by atoms with Crippen LogP contribution in [-0.4, -0.2) is 46.7 Å². The summed E-state index contributed by atoms with van der Waals surface area (Å²) < 4.78 is 5.17. The Morgan fingerprint density at radius 1 is 1.37 bits per heavy atom. The van der Waals surface area contributed by atoms with Gasteiger partial charge in [-0.2, -0.15) is 4.98 Å². The molecule has 2 amide bonds. The van der Waals surface area contributed by atoms with Crippen molar-refractivity contribution in [2.45, 2.75) is 31.8 Å². The van der Waals surface area contributed by atoms with Gasteiger partial charge in [-0.1, -0.05) is 18.2 Å². The second kappa shape index (κ2) is 7.30. The summed E-state index contributed by atoms with van der Waals surface area (Å²) in [5, 5.41) is 7.94. The van der Waals surface area contributed by atoms with E-state index >= 15 is 0 Å². The van der Waals surface area contributed by atoms with E-state index in [2.05, 4.69) is 38.6 Å². The Kier molecular flexibility index (Phi) is 4.70. The van der Waals surface area contributed by atoms with Crippen molar-refractivity contribution in [1.29, 1.82) is 0 Å². The van der Waals surface area contributed by atoms with Crippen molar-refractivity contribution in [3.8, 4) is 0 Å². The number of anilines is 1. The molecule has 0 aliphatic carbocycles. The molecule has 1 saturated heterocycles. The van der Waals surface area contributed by atoms with E-state index in [-0.39, 0.29) is 18.6 Å². The highest BCUT2D eigenvalue weighted by Gasteiger charge is 2.29. The Bertz CT molecular complexity index is 898. The molecule has 8 nitrogen and oxygen atoms in total. The van der Waals surface area contributed by atoms with Gasteiger partial charge in [-0.25, -0.2) is 4.79 Å². The first kappa shape index (κ1) is 17.4. The van der Waals surface area contributed by atoms with Crippen LogP contribution in [-0.2, 0) is 6.54 Å². The number of carbonyl (C=O) groups excluding carboxylic acids is 1. The van der Waals surface area contributed by atoms with Crippen molar-refractivity contribution < 1.29 is 9.32 Å². The minimum absolute atomic E-state index is 0.0474. The van der Waals surface area contributed by atoms with E-state index in [9.17, 15) is 4.79 Å². The number of rotatable bonds is 4. The molecule has 142 valence electrons. The molecule has 8 heteroatoms. The highest BCUT2D eigenvalue weighted by Crippen LogP contribution is 2.32. The third kappa shape index (κ3) is 3.60. The fourth-order valence-electron chi connectivity index (χ4n) is 3.53. The maximum absolute atomic E-state index is 12.8. The molecule has 27 heavy (non-hydrogen) atoms. The lowest BCUT2D eigenvalue weighted by Gasteiger charge is -2.35. The monoisotopic (exact) mass is 368 g/mol. The normalized spacial score (nSPS) is 17.3. The van der Waals surface area contributed by atoms with Crippen LogP contribution < -0.4 is 10.2 Å². The maximum atomic E-state index is 12.8. The van der Waals surface area contributed by atoms with E-state index in [0.717, 1.165) is 37.0 Å². The molecular formula is C19H24N6O2. The molecule has 2 aromatic heterocycles. The molecule has 0 radical (unpaired) electrons. The van der Waals surface area contributed by atoms with E-state index in [1.165, 1.54) is 5.39 Å². The molecular weight excluding hydrogens is 344 g/mol. The van der Waals surface area contributed by atoms with Gasteiger partial charge in [0.1, 0.15) is 0 Å². The van der Waals surface area contributed by atoms with Crippen molar-refractivity contribution >= 4 is 22.9 Å². The summed E-state index contributed by atoms with van der Waals surface area (Å²) >= 11 is 0. The second-order valence-electron chi connectivity index (χ2n) is 7.06. The standard InChI is InChI=1S/C19H24N6O2/c1-24(2)18-22-17(27-23-18)12-20-19(26)25-10-6-5-9-16(25)15-11-13-7-3-4-8-14(13)21-15/h3-4,7-8,11,16,21H,5-6,9-10,12H2,1-2H3,(H,20,26). The van der Waals surface area contributed by atoms with E-state index in [1.807, 2.05) is 31.1 Å². The van der Waals surface area contributed by atoms with Gasteiger partial charge in [-0.3, -0.25) is 0 Å². The molecule has 1 aliphatic heterocycles. The molecule has 3 heterocycles. The number of aromatic amines is 1. The number of amides is 2. The highest BCUT2D eigenvalue weighted by molar-refractivity contribution is 5.81. The van der Waals surface area contributed by atoms with Crippen LogP contribution in [0, 0.1) is 0 Å². The topological polar surface area (TPSA) is 90.3 Å². The minimum Gasteiger partial charge on any atom is -0.357 e. The summed E-state index contributed by atoms with van der Waals surface area (Å²) in [6, 6.07) is 10.3. The van der Waals surface area contributed by atoms with Gasteiger partial charge < -0.3 is 24.6 Å². The first-order chi connectivity index (χ1) is 13.1. The fourth-order valence-corrected chi connectivity index (χ4v) is 3.53. The smallest absolute Gasteiger partial charge is 0.318 e. The summed E-state index contributed by atoms with van der Waals surface area (Å²) in [4.78, 5) is 24.2. The van der Waals surface area contributed by atoms with Gasteiger partial charge in [0.05, 0.1) is 12.6 Å². The average molecular weight is 368 g/mol. The number of fused-ring (bicyclic) bond motifs is 1. The number of nitrogens with one attached hydrogen (secondary N) is 2. The predicted molar refractivity (Wildman–Crippen MR) is 102 cm³/mol. The number of benzene rings is 1. The molecule has 0 saturated carbocycles. The number of piperidine rings is 1. The zero-order valence-corrected chi connectivity index (χ0v) is 15.6. The van der Waals surface area contributed by atoms with Crippen LogP contribution in [0.2, 0.25) is 0 Å². The van der Waals surface area contributed by atoms with Crippen molar-refractivity contribution in [3.63, 3.8) is 0 Å². The van der Waals surface area contributed by atoms with E-state index in [1.54, 1.807) is 4.90 Å². The third-order valence-electron chi connectivity index (χ3n) is 4.92. The van der Waals surface area contributed by atoms with E-state index in [4.69, 9.17) is 4.52 Å². The van der Waals surface area contributed by atoms with Crippen LogP contribution in [0.4, 0.5) is 10.7 Å². The number of hydrogen-bond donors (Lipinski definition) is 2. The van der Waals surface area contributed by atoms with Gasteiger partial charge in [-0.05, 0) is 41.9 Å². The molecule has 4 rings (SSSR count). The van der Waals surface area contributed by atoms with Crippen molar-refractivity contribution in [1.82, 2.24) is 25.3 Å². The zero-order valence-electron chi connectivity index (χ0n) is 15.6. The number of likely N-dealkylation sites (tertiary alicyclic amines) is 1. The van der Waals surface area contributed by atoms with Crippen molar-refractivity contribution in [2.24, 2.45) is 0 Å². The first-order valence-electron chi connectivity index (χ1n) is 9.24. The van der Waals surface area contributed by atoms with Crippen LogP contribution in [0.25, 0.3) is 10.9 Å². The molecule has 3 aromatic rings. The highest BCUT2D eigenvalue weighted by atomic mass is 16.5. The van der Waals surface area contributed by atoms with Gasteiger partial charge in [-0.15, -0.1) is 0 Å². The number of hydrogen-bond acceptors (Lipinski definition) is 5. The molecule has 1 unspecified atom stereocenters. The molecule has 0 bridgehead atoms. The van der Waals surface area contributed by atoms with E-state index in [0.29, 0.717) is 11.8 Å². The summed E-state index contributed by atoms with van der Waals surface area (Å²) in [5.74, 6) is 0.888. The number of urea groups is 1. The summed E-state index contributed by atoms with van der Waals surface area (Å²) in [6.45, 7) is 0.953. The van der Waals surface area contributed by atoms with Crippen LogP contribution in [0.1, 0.15) is 36.9 Å². The molecule has 1 aliphatic rings. The Labute approximate surface area is 157 Å². The summed E-state index contributed by atoms with van der Waals surface area (Å²) in [7, 11) is 3.68. The third-order valence-corrected chi connectivity index (χ3v) is 4.92. The van der Waals surface area contributed by atoms with Gasteiger partial charge in [0.15, 0.2) is 0 Å². The van der Waals surface area contributed by atoms with Gasteiger partial charge in [0, 0.05) is 31.9 Å². The number of aromatic nitrogens is 3. The lowest BCUT2D eigenvalue weighted by atomic mass is 10.00. The Hall–Kier alpha value is -3.03. The number of nitrogens with zero attached hydrogens (tertiary/aromatic N) is 4. The summed E-state index contributed by atoms with van der Waals surface area (Å²) in [5.41, 5.74) is 2.18. The quantitative estimate of drug-likeness (QED) is 0.739. The van der Waals surface area contributed by atoms with Gasteiger partial charge in [0.25, 0.3) is 5.95 Å². The van der Waals surface area contributed by atoms with Crippen LogP contribution in [0.3, 0.4) is 0 Å². The second-order valence-corrected chi connectivity index (χ2v) is 7.06. The SMILES string of the molecule is CN(C)c1noc(CNC(=O)N2CCCCC2c2cc3ccccc3[nH]2)n1. The lowest BCUT2D eigenvalue weighted by molar-refractivity contribution is 0.148. The molecule has 1 aromatic carbocycles. The minimum atomic E-state index is -0.108. The van der Waals surface area contributed by atoms with Crippen LogP contribution in [0.5, 0.6) is 0 Å². The fraction of sp³-hybridized carbons (Fsp3) is 0.421. The molecule has 1 atom stereocenters. The lowest BCUT2D eigenvalue weighted by Crippen LogP contribution is -2.44. The Balaban J connectivity index is 1.47. The Morgan fingerprint density at radius 3 is 3.00 bits per heavy atom. The van der Waals surface area contributed by atoms with E-state index < -0.39 is 0 Å². The maximum Gasteiger partial charge on any atom is 0.318 e. The van der Waals surface area contributed by atoms with Crippen LogP contribution in [0.15, 0.2) is 34.9 Å². The van der Waals surface area contributed by atoms with Crippen molar-refractivity contribution in [2.75, 3.05) is 25.5 Å². The Morgan fingerprint density at radius 2 is 2.22 bits per heavy atom.